The topological polar surface area (TPSA) is 113 Å². The van der Waals surface area contributed by atoms with Gasteiger partial charge in [0.15, 0.2) is 0 Å². The Labute approximate surface area is 260 Å². The van der Waals surface area contributed by atoms with Crippen LogP contribution in [0.1, 0.15) is 5.56 Å². The molecule has 0 unspecified atom stereocenters. The molecule has 5 aromatic rings. The van der Waals surface area contributed by atoms with Gasteiger partial charge in [-0.1, -0.05) is 77.3 Å². The number of benzene rings is 5. The second-order valence-electron chi connectivity index (χ2n) is 9.63. The summed E-state index contributed by atoms with van der Waals surface area (Å²) in [7, 11) is -8.12. The zero-order chi connectivity index (χ0) is 30.8. The number of amides is 1. The highest BCUT2D eigenvalue weighted by atomic mass is 35.5. The highest BCUT2D eigenvalue weighted by molar-refractivity contribution is 7.93. The molecule has 43 heavy (non-hydrogen) atoms. The molecule has 0 aliphatic carbocycles. The molecule has 0 heterocycles. The maximum Gasteiger partial charge on any atom is 0.264 e. The molecule has 0 saturated heterocycles. The summed E-state index contributed by atoms with van der Waals surface area (Å²) in [4.78, 5) is 13.1. The van der Waals surface area contributed by atoms with E-state index in [1.807, 2.05) is 37.3 Å². The Balaban J connectivity index is 1.36. The van der Waals surface area contributed by atoms with Gasteiger partial charge in [0.25, 0.3) is 20.0 Å². The van der Waals surface area contributed by atoms with Gasteiger partial charge in [0.2, 0.25) is 5.91 Å². The average molecular weight is 655 g/mol. The number of carbonyl (C=O) groups is 1. The summed E-state index contributed by atoms with van der Waals surface area (Å²) in [5.41, 5.74) is 1.73. The third kappa shape index (κ3) is 6.78. The molecule has 220 valence electrons. The third-order valence-electron chi connectivity index (χ3n) is 6.57. The molecule has 0 saturated carbocycles. The fourth-order valence-electron chi connectivity index (χ4n) is 4.36. The van der Waals surface area contributed by atoms with Gasteiger partial charge in [0.05, 0.1) is 31.2 Å². The molecule has 5 aromatic carbocycles. The number of fused-ring (bicyclic) bond motifs is 1. The van der Waals surface area contributed by atoms with E-state index in [9.17, 15) is 21.6 Å². The molecule has 5 rings (SSSR count). The fourth-order valence-corrected chi connectivity index (χ4v) is 7.14. The van der Waals surface area contributed by atoms with Gasteiger partial charge in [0.1, 0.15) is 6.54 Å². The van der Waals surface area contributed by atoms with Crippen molar-refractivity contribution < 1.29 is 21.6 Å². The van der Waals surface area contributed by atoms with Crippen molar-refractivity contribution in [3.63, 3.8) is 0 Å². The maximum absolute atomic E-state index is 13.6. The van der Waals surface area contributed by atoms with Gasteiger partial charge in [0, 0.05) is 11.1 Å². The monoisotopic (exact) mass is 653 g/mol. The summed E-state index contributed by atoms with van der Waals surface area (Å²) in [6, 6.07) is 28.8. The Morgan fingerprint density at radius 2 is 1.40 bits per heavy atom. The molecule has 2 N–H and O–H groups in total. The first-order chi connectivity index (χ1) is 20.4. The molecule has 0 fully saturated rings. The Bertz CT molecular complexity index is 2030. The molecule has 0 aromatic heterocycles. The standard InChI is InChI=1S/C31H25Cl2N3O5S2/c1-21-9-14-26(15-10-21)43(40,41)36(24-13-18-28(32)29(33)19-24)20-31(37)34-23-11-16-25(17-12-23)42(38,39)35-30-8-4-6-22-5-2-3-7-27(22)30/h2-19,35H,20H2,1H3,(H,34,37). The van der Waals surface area contributed by atoms with Crippen molar-refractivity contribution in [2.24, 2.45) is 0 Å². The summed E-state index contributed by atoms with van der Waals surface area (Å²) >= 11 is 12.2. The summed E-state index contributed by atoms with van der Waals surface area (Å²) in [5.74, 6) is -0.661. The van der Waals surface area contributed by atoms with E-state index in [0.29, 0.717) is 5.69 Å². The van der Waals surface area contributed by atoms with Crippen molar-refractivity contribution >= 4 is 77.0 Å². The van der Waals surface area contributed by atoms with E-state index in [2.05, 4.69) is 10.0 Å². The summed E-state index contributed by atoms with van der Waals surface area (Å²) in [6.07, 6.45) is 0. The van der Waals surface area contributed by atoms with Crippen molar-refractivity contribution in [1.29, 1.82) is 0 Å². The molecule has 1 amide bonds. The number of nitrogens with zero attached hydrogens (tertiary/aromatic N) is 1. The normalized spacial score (nSPS) is 11.7. The number of hydrogen-bond acceptors (Lipinski definition) is 5. The Kier molecular flexibility index (Phi) is 8.66. The van der Waals surface area contributed by atoms with Gasteiger partial charge in [-0.3, -0.25) is 13.8 Å². The number of halogens is 2. The SMILES string of the molecule is Cc1ccc(S(=O)(=O)N(CC(=O)Nc2ccc(S(=O)(=O)Nc3cccc4ccccc34)cc2)c2ccc(Cl)c(Cl)c2)cc1. The van der Waals surface area contributed by atoms with Crippen LogP contribution in [-0.4, -0.2) is 29.3 Å². The lowest BCUT2D eigenvalue weighted by Crippen LogP contribution is -2.38. The van der Waals surface area contributed by atoms with Gasteiger partial charge in [-0.15, -0.1) is 0 Å². The number of rotatable bonds is 9. The Morgan fingerprint density at radius 3 is 2.09 bits per heavy atom. The highest BCUT2D eigenvalue weighted by Crippen LogP contribution is 2.31. The number of anilines is 3. The van der Waals surface area contributed by atoms with E-state index in [1.54, 1.807) is 24.3 Å². The highest BCUT2D eigenvalue weighted by Gasteiger charge is 2.28. The van der Waals surface area contributed by atoms with E-state index in [-0.39, 0.29) is 31.2 Å². The molecular formula is C31H25Cl2N3O5S2. The fraction of sp³-hybridized carbons (Fsp3) is 0.0645. The maximum atomic E-state index is 13.6. The minimum Gasteiger partial charge on any atom is -0.325 e. The smallest absolute Gasteiger partial charge is 0.264 e. The molecule has 8 nitrogen and oxygen atoms in total. The summed E-state index contributed by atoms with van der Waals surface area (Å²) < 4.78 is 57.0. The molecule has 0 radical (unpaired) electrons. The number of sulfonamides is 2. The van der Waals surface area contributed by atoms with Gasteiger partial charge < -0.3 is 5.32 Å². The van der Waals surface area contributed by atoms with E-state index < -0.39 is 32.5 Å². The van der Waals surface area contributed by atoms with Crippen LogP contribution in [-0.2, 0) is 24.8 Å². The number of aryl methyl sites for hydroxylation is 1. The molecule has 0 atom stereocenters. The molecule has 0 spiro atoms. The predicted molar refractivity (Wildman–Crippen MR) is 172 cm³/mol. The van der Waals surface area contributed by atoms with Crippen LogP contribution in [0.2, 0.25) is 10.0 Å². The summed E-state index contributed by atoms with van der Waals surface area (Å²) in [6.45, 7) is 1.24. The van der Waals surface area contributed by atoms with Crippen LogP contribution in [0.5, 0.6) is 0 Å². The average Bonchev–Trinajstić information content (AvgIpc) is 2.98. The minimum atomic E-state index is -4.18. The summed E-state index contributed by atoms with van der Waals surface area (Å²) in [5, 5.41) is 4.63. The molecular weight excluding hydrogens is 629 g/mol. The third-order valence-corrected chi connectivity index (χ3v) is 10.5. The number of hydrogen-bond donors (Lipinski definition) is 2. The zero-order valence-corrected chi connectivity index (χ0v) is 25.8. The first-order valence-corrected chi connectivity index (χ1v) is 16.6. The largest absolute Gasteiger partial charge is 0.325 e. The van der Waals surface area contributed by atoms with Crippen LogP contribution in [0, 0.1) is 6.92 Å². The van der Waals surface area contributed by atoms with E-state index in [1.165, 1.54) is 54.6 Å². The van der Waals surface area contributed by atoms with E-state index in [4.69, 9.17) is 23.2 Å². The quantitative estimate of drug-likeness (QED) is 0.176. The van der Waals surface area contributed by atoms with Gasteiger partial charge in [-0.05, 0) is 73.0 Å². The van der Waals surface area contributed by atoms with Gasteiger partial charge in [-0.2, -0.15) is 0 Å². The van der Waals surface area contributed by atoms with Crippen molar-refractivity contribution in [3.8, 4) is 0 Å². The first-order valence-electron chi connectivity index (χ1n) is 12.9. The molecule has 0 bridgehead atoms. The van der Waals surface area contributed by atoms with Crippen molar-refractivity contribution in [2.45, 2.75) is 16.7 Å². The Hall–Kier alpha value is -4.09. The Morgan fingerprint density at radius 1 is 0.744 bits per heavy atom. The number of nitrogens with one attached hydrogen (secondary N) is 2. The van der Waals surface area contributed by atoms with Crippen LogP contribution in [0.25, 0.3) is 10.8 Å². The van der Waals surface area contributed by atoms with Crippen molar-refractivity contribution in [2.75, 3.05) is 20.9 Å². The minimum absolute atomic E-state index is 0.00905. The second kappa shape index (κ2) is 12.3. The second-order valence-corrected chi connectivity index (χ2v) is 14.0. The predicted octanol–water partition coefficient (Wildman–Crippen LogP) is 7.09. The zero-order valence-electron chi connectivity index (χ0n) is 22.7. The van der Waals surface area contributed by atoms with Crippen molar-refractivity contribution in [1.82, 2.24) is 0 Å². The molecule has 0 aliphatic rings. The van der Waals surface area contributed by atoms with Crippen LogP contribution in [0.15, 0.2) is 119 Å². The van der Waals surface area contributed by atoms with Gasteiger partial charge in [-0.25, -0.2) is 16.8 Å². The van der Waals surface area contributed by atoms with Crippen LogP contribution in [0.3, 0.4) is 0 Å². The van der Waals surface area contributed by atoms with E-state index >= 15 is 0 Å². The lowest BCUT2D eigenvalue weighted by atomic mass is 10.1. The van der Waals surface area contributed by atoms with Gasteiger partial charge >= 0.3 is 0 Å². The number of carbonyl (C=O) groups excluding carboxylic acids is 1. The molecule has 12 heteroatoms. The first kappa shape index (κ1) is 30.4. The lowest BCUT2D eigenvalue weighted by Gasteiger charge is -2.24. The molecule has 0 aliphatic heterocycles. The van der Waals surface area contributed by atoms with E-state index in [0.717, 1.165) is 20.6 Å². The van der Waals surface area contributed by atoms with Crippen molar-refractivity contribution in [3.05, 3.63) is 125 Å². The van der Waals surface area contributed by atoms with Crippen LogP contribution >= 0.6 is 23.2 Å². The lowest BCUT2D eigenvalue weighted by molar-refractivity contribution is -0.114. The van der Waals surface area contributed by atoms with Crippen LogP contribution in [0.4, 0.5) is 17.1 Å². The van der Waals surface area contributed by atoms with Crippen LogP contribution < -0.4 is 14.3 Å².